The Balaban J connectivity index is 1.16. The van der Waals surface area contributed by atoms with Crippen LogP contribution < -0.4 is 16.3 Å². The second-order valence-corrected chi connectivity index (χ2v) is 8.80. The minimum Gasteiger partial charge on any atom is -0.308 e. The van der Waals surface area contributed by atoms with Crippen LogP contribution in [-0.4, -0.2) is 37.0 Å². The van der Waals surface area contributed by atoms with E-state index in [1.165, 1.54) is 0 Å². The summed E-state index contributed by atoms with van der Waals surface area (Å²) >= 11 is 0. The molecule has 1 aromatic carbocycles. The molecule has 7 nitrogen and oxygen atoms in total. The number of aromatic nitrogens is 4. The number of hydrogen-bond acceptors (Lipinski definition) is 4. The van der Waals surface area contributed by atoms with Crippen LogP contribution >= 0.6 is 0 Å². The number of aryl methyl sites for hydroxylation is 2. The summed E-state index contributed by atoms with van der Waals surface area (Å²) in [7, 11) is 3.55. The molecule has 0 aliphatic heterocycles. The summed E-state index contributed by atoms with van der Waals surface area (Å²) in [4.78, 5) is 12.1. The van der Waals surface area contributed by atoms with E-state index in [-0.39, 0.29) is 17.8 Å². The molecule has 0 bridgehead atoms. The highest BCUT2D eigenvalue weighted by Crippen LogP contribution is 2.23. The van der Waals surface area contributed by atoms with Gasteiger partial charge in [-0.1, -0.05) is 12.1 Å². The summed E-state index contributed by atoms with van der Waals surface area (Å²) in [6.45, 7) is 1.26. The monoisotopic (exact) mass is 436 g/mol. The maximum atomic E-state index is 14.9. The molecule has 1 aliphatic carbocycles. The normalized spacial score (nSPS) is 21.5. The van der Waals surface area contributed by atoms with Gasteiger partial charge in [-0.2, -0.15) is 5.10 Å². The molecular formula is C24H29FN6O. The molecule has 0 amide bonds. The van der Waals surface area contributed by atoms with Crippen LogP contribution in [-0.2, 0) is 27.2 Å². The Morgan fingerprint density at radius 3 is 2.72 bits per heavy atom. The smallest absolute Gasteiger partial charge is 0.308 e. The minimum atomic E-state index is -0.897. The molecule has 0 spiro atoms. The van der Waals surface area contributed by atoms with Crippen molar-refractivity contribution in [1.29, 1.82) is 0 Å². The summed E-state index contributed by atoms with van der Waals surface area (Å²) in [6, 6.07) is 14.1. The Morgan fingerprint density at radius 1 is 1.03 bits per heavy atom. The number of halogens is 1. The Hall–Kier alpha value is -2.97. The first-order valence-electron chi connectivity index (χ1n) is 11.2. The van der Waals surface area contributed by atoms with Gasteiger partial charge in [0.1, 0.15) is 6.17 Å². The van der Waals surface area contributed by atoms with Crippen molar-refractivity contribution in [3.8, 4) is 0 Å². The van der Waals surface area contributed by atoms with Crippen molar-refractivity contribution in [1.82, 2.24) is 29.4 Å². The average molecular weight is 437 g/mol. The van der Waals surface area contributed by atoms with Crippen molar-refractivity contribution in [2.24, 2.45) is 14.1 Å². The van der Waals surface area contributed by atoms with Gasteiger partial charge in [0.05, 0.1) is 22.2 Å². The van der Waals surface area contributed by atoms with Gasteiger partial charge >= 0.3 is 5.69 Å². The van der Waals surface area contributed by atoms with Crippen LogP contribution in [0, 0.1) is 0 Å². The molecule has 2 N–H and O–H groups in total. The van der Waals surface area contributed by atoms with E-state index in [2.05, 4.69) is 15.7 Å². The third-order valence-electron chi connectivity index (χ3n) is 6.75. The Morgan fingerprint density at radius 2 is 1.88 bits per heavy atom. The minimum absolute atomic E-state index is 0.0384. The fourth-order valence-corrected chi connectivity index (χ4v) is 4.83. The van der Waals surface area contributed by atoms with Crippen LogP contribution in [0.5, 0.6) is 0 Å². The molecule has 0 saturated heterocycles. The van der Waals surface area contributed by atoms with Gasteiger partial charge in [0.25, 0.3) is 0 Å². The average Bonchev–Trinajstić information content (AvgIpc) is 3.37. The van der Waals surface area contributed by atoms with E-state index in [9.17, 15) is 9.18 Å². The zero-order valence-corrected chi connectivity index (χ0v) is 18.5. The maximum Gasteiger partial charge on any atom is 0.328 e. The summed E-state index contributed by atoms with van der Waals surface area (Å²) < 4.78 is 20.2. The first-order chi connectivity index (χ1) is 15.5. The predicted octanol–water partition coefficient (Wildman–Crippen LogP) is 2.66. The quantitative estimate of drug-likeness (QED) is 0.488. The predicted molar refractivity (Wildman–Crippen MR) is 123 cm³/mol. The lowest BCUT2D eigenvalue weighted by Gasteiger charge is -2.33. The number of nitrogens with one attached hydrogen (secondary N) is 2. The highest BCUT2D eigenvalue weighted by Gasteiger charge is 2.30. The van der Waals surface area contributed by atoms with Crippen LogP contribution in [0.1, 0.15) is 30.5 Å². The molecule has 0 unspecified atom stereocenters. The summed E-state index contributed by atoms with van der Waals surface area (Å²) in [6.07, 6.45) is 3.11. The topological polar surface area (TPSA) is 68.3 Å². The number of nitrogens with zero attached hydrogens (tertiary/aromatic N) is 4. The van der Waals surface area contributed by atoms with Gasteiger partial charge in [0, 0.05) is 45.5 Å². The molecule has 32 heavy (non-hydrogen) atoms. The van der Waals surface area contributed by atoms with Crippen molar-refractivity contribution in [2.75, 3.05) is 0 Å². The van der Waals surface area contributed by atoms with Gasteiger partial charge in [-0.3, -0.25) is 9.13 Å². The van der Waals surface area contributed by atoms with Gasteiger partial charge in [-0.05, 0) is 55.2 Å². The van der Waals surface area contributed by atoms with Gasteiger partial charge in [0.15, 0.2) is 0 Å². The molecule has 8 heteroatoms. The standard InChI is InChI=1S/C24H29FN6O/c1-29-22-9-6-16(12-23(22)30(2)24(29)32)14-27-21-8-7-17(13-20(21)25)26-15-19-5-3-4-18-10-11-28-31(18)19/h3-6,9-12,17,20-21,26-27H,7-8,13-15H2,1-2H3/t17-,20+,21-/m1/s1. The molecule has 5 rings (SSSR count). The second-order valence-electron chi connectivity index (χ2n) is 8.80. The summed E-state index contributed by atoms with van der Waals surface area (Å²) in [5.74, 6) is 0. The fraction of sp³-hybridized carbons (Fsp3) is 0.417. The molecule has 4 aromatic rings. The molecule has 3 atom stereocenters. The molecule has 3 heterocycles. The van der Waals surface area contributed by atoms with E-state index in [0.29, 0.717) is 19.5 Å². The van der Waals surface area contributed by atoms with E-state index < -0.39 is 6.17 Å². The highest BCUT2D eigenvalue weighted by atomic mass is 19.1. The van der Waals surface area contributed by atoms with E-state index >= 15 is 0 Å². The molecule has 0 radical (unpaired) electrons. The number of pyridine rings is 1. The van der Waals surface area contributed by atoms with Crippen LogP contribution in [0.4, 0.5) is 4.39 Å². The number of alkyl halides is 1. The molecule has 168 valence electrons. The maximum absolute atomic E-state index is 14.9. The Bertz CT molecular complexity index is 1310. The van der Waals surface area contributed by atoms with Crippen LogP contribution in [0.3, 0.4) is 0 Å². The third-order valence-corrected chi connectivity index (χ3v) is 6.75. The van der Waals surface area contributed by atoms with Gasteiger partial charge in [-0.15, -0.1) is 0 Å². The molecule has 3 aromatic heterocycles. The number of rotatable bonds is 6. The van der Waals surface area contributed by atoms with Crippen molar-refractivity contribution in [3.63, 3.8) is 0 Å². The molecule has 1 fully saturated rings. The van der Waals surface area contributed by atoms with Crippen molar-refractivity contribution < 1.29 is 4.39 Å². The van der Waals surface area contributed by atoms with Crippen LogP contribution in [0.25, 0.3) is 16.6 Å². The van der Waals surface area contributed by atoms with E-state index in [0.717, 1.165) is 40.6 Å². The number of imidazole rings is 1. The van der Waals surface area contributed by atoms with Crippen LogP contribution in [0.15, 0.2) is 53.5 Å². The summed E-state index contributed by atoms with van der Waals surface area (Å²) in [5, 5.41) is 11.3. The van der Waals surface area contributed by atoms with Gasteiger partial charge in [-0.25, -0.2) is 13.7 Å². The molecule has 1 saturated carbocycles. The zero-order chi connectivity index (χ0) is 22.2. The van der Waals surface area contributed by atoms with Crippen molar-refractivity contribution >= 4 is 16.6 Å². The number of hydrogen-bond donors (Lipinski definition) is 2. The number of benzene rings is 1. The van der Waals surface area contributed by atoms with Gasteiger partial charge in [0.2, 0.25) is 0 Å². The summed E-state index contributed by atoms with van der Waals surface area (Å²) in [5.41, 5.74) is 4.96. The lowest BCUT2D eigenvalue weighted by atomic mass is 9.89. The zero-order valence-electron chi connectivity index (χ0n) is 18.5. The first kappa shape index (κ1) is 20.9. The SMILES string of the molecule is Cn1c(=O)n(C)c2cc(CN[C@@H]3CC[C@@H](NCc4cccc5ccnn45)C[C@@H]3F)ccc21. The Labute approximate surface area is 185 Å². The third kappa shape index (κ3) is 3.84. The fourth-order valence-electron chi connectivity index (χ4n) is 4.83. The molecule has 1 aliphatic rings. The Kier molecular flexibility index (Phi) is 5.57. The number of fused-ring (bicyclic) bond motifs is 2. The highest BCUT2D eigenvalue weighted by molar-refractivity contribution is 5.76. The van der Waals surface area contributed by atoms with Crippen LogP contribution in [0.2, 0.25) is 0 Å². The first-order valence-corrected chi connectivity index (χ1v) is 11.2. The lowest BCUT2D eigenvalue weighted by Crippen LogP contribution is -2.46. The van der Waals surface area contributed by atoms with E-state index in [4.69, 9.17) is 0 Å². The largest absolute Gasteiger partial charge is 0.328 e. The lowest BCUT2D eigenvalue weighted by molar-refractivity contribution is 0.160. The second kappa shape index (κ2) is 8.52. The van der Waals surface area contributed by atoms with Crippen molar-refractivity contribution in [3.05, 3.63) is 70.4 Å². The van der Waals surface area contributed by atoms with E-state index in [1.54, 1.807) is 29.4 Å². The van der Waals surface area contributed by atoms with Crippen molar-refractivity contribution in [2.45, 2.75) is 50.6 Å². The van der Waals surface area contributed by atoms with Gasteiger partial charge < -0.3 is 10.6 Å². The van der Waals surface area contributed by atoms with E-state index in [1.807, 2.05) is 47.0 Å². The molecular weight excluding hydrogens is 407 g/mol.